The van der Waals surface area contributed by atoms with Gasteiger partial charge in [-0.1, -0.05) is 6.07 Å². The molecule has 0 bridgehead atoms. The van der Waals surface area contributed by atoms with Crippen molar-refractivity contribution in [2.45, 2.75) is 18.9 Å². The number of nitrogens with zero attached hydrogens (tertiary/aromatic N) is 7. The van der Waals surface area contributed by atoms with Crippen LogP contribution in [0.2, 0.25) is 0 Å². The minimum atomic E-state index is -0.225. The zero-order valence-electron chi connectivity index (χ0n) is 19.1. The Balaban J connectivity index is 1.18. The third-order valence-electron chi connectivity index (χ3n) is 6.65. The Morgan fingerprint density at radius 2 is 1.88 bits per heavy atom. The van der Waals surface area contributed by atoms with Gasteiger partial charge in [-0.2, -0.15) is 0 Å². The van der Waals surface area contributed by atoms with Gasteiger partial charge in [0.2, 0.25) is 0 Å². The van der Waals surface area contributed by atoms with Gasteiger partial charge in [-0.15, -0.1) is 10.2 Å². The van der Waals surface area contributed by atoms with E-state index in [0.717, 1.165) is 60.2 Å². The molecule has 1 saturated carbocycles. The number of imidazole rings is 1. The van der Waals surface area contributed by atoms with Crippen molar-refractivity contribution in [1.82, 2.24) is 29.6 Å². The van der Waals surface area contributed by atoms with Crippen LogP contribution < -0.4 is 10.2 Å². The summed E-state index contributed by atoms with van der Waals surface area (Å²) in [7, 11) is 1.96. The maximum atomic E-state index is 13.0. The molecule has 1 aromatic carbocycles. The van der Waals surface area contributed by atoms with Crippen LogP contribution in [-0.4, -0.2) is 67.8 Å². The molecule has 6 rings (SSSR count). The van der Waals surface area contributed by atoms with Gasteiger partial charge in [-0.05, 0) is 43.2 Å². The molecule has 9 heteroatoms. The first kappa shape index (κ1) is 20.7. The first-order valence-electron chi connectivity index (χ1n) is 11.6. The van der Waals surface area contributed by atoms with Crippen LogP contribution in [0, 0.1) is 0 Å². The highest BCUT2D eigenvalue weighted by Crippen LogP contribution is 2.28. The Bertz CT molecular complexity index is 1350. The van der Waals surface area contributed by atoms with E-state index in [0.29, 0.717) is 11.4 Å². The first-order valence-corrected chi connectivity index (χ1v) is 11.6. The van der Waals surface area contributed by atoms with Crippen molar-refractivity contribution >= 4 is 28.4 Å². The summed E-state index contributed by atoms with van der Waals surface area (Å²) in [6, 6.07) is 12.2. The Morgan fingerprint density at radius 3 is 2.65 bits per heavy atom. The molecule has 1 aliphatic carbocycles. The second-order valence-corrected chi connectivity index (χ2v) is 9.00. The summed E-state index contributed by atoms with van der Waals surface area (Å²) < 4.78 is 1.96. The Morgan fingerprint density at radius 1 is 1.03 bits per heavy atom. The molecule has 1 saturated heterocycles. The maximum absolute atomic E-state index is 13.0. The van der Waals surface area contributed by atoms with E-state index >= 15 is 0 Å². The second kappa shape index (κ2) is 8.49. The SMILES string of the molecule is Cn1cncc1-c1ccc2nnc(NC(=O)c3ccnc(N4CCN(C5CC5)CC4)c3)cc2c1. The molecule has 4 aromatic rings. The van der Waals surface area contributed by atoms with Crippen molar-refractivity contribution in [2.75, 3.05) is 36.4 Å². The summed E-state index contributed by atoms with van der Waals surface area (Å²) in [5.41, 5.74) is 3.35. The summed E-state index contributed by atoms with van der Waals surface area (Å²) in [6.45, 7) is 3.97. The molecule has 4 heterocycles. The monoisotopic (exact) mass is 454 g/mol. The molecule has 1 N–H and O–H groups in total. The number of hydrogen-bond acceptors (Lipinski definition) is 7. The van der Waals surface area contributed by atoms with E-state index in [2.05, 4.69) is 35.3 Å². The molecule has 2 fully saturated rings. The van der Waals surface area contributed by atoms with Gasteiger partial charge >= 0.3 is 0 Å². The number of hydrogen-bond donors (Lipinski definition) is 1. The molecule has 0 unspecified atom stereocenters. The van der Waals surface area contributed by atoms with Gasteiger partial charge in [-0.25, -0.2) is 9.97 Å². The van der Waals surface area contributed by atoms with Gasteiger partial charge in [0.15, 0.2) is 5.82 Å². The van der Waals surface area contributed by atoms with Crippen molar-refractivity contribution in [3.8, 4) is 11.3 Å². The minimum Gasteiger partial charge on any atom is -0.354 e. The van der Waals surface area contributed by atoms with Crippen molar-refractivity contribution in [3.63, 3.8) is 0 Å². The van der Waals surface area contributed by atoms with E-state index in [4.69, 9.17) is 0 Å². The fourth-order valence-electron chi connectivity index (χ4n) is 4.58. The van der Waals surface area contributed by atoms with Crippen molar-refractivity contribution in [3.05, 3.63) is 60.7 Å². The lowest BCUT2D eigenvalue weighted by Crippen LogP contribution is -2.47. The van der Waals surface area contributed by atoms with Gasteiger partial charge < -0.3 is 14.8 Å². The van der Waals surface area contributed by atoms with E-state index in [1.165, 1.54) is 12.8 Å². The predicted octanol–water partition coefficient (Wildman–Crippen LogP) is 2.96. The molecular formula is C25H26N8O. The number of carbonyl (C=O) groups excluding carboxylic acids is 1. The van der Waals surface area contributed by atoms with Gasteiger partial charge in [0.25, 0.3) is 5.91 Å². The fourth-order valence-corrected chi connectivity index (χ4v) is 4.58. The topological polar surface area (TPSA) is 92.1 Å². The number of fused-ring (bicyclic) bond motifs is 1. The van der Waals surface area contributed by atoms with E-state index in [9.17, 15) is 4.79 Å². The average Bonchev–Trinajstić information content (AvgIpc) is 3.64. The van der Waals surface area contributed by atoms with Crippen LogP contribution in [-0.2, 0) is 7.05 Å². The molecule has 0 spiro atoms. The molecule has 172 valence electrons. The number of aromatic nitrogens is 5. The smallest absolute Gasteiger partial charge is 0.257 e. The molecular weight excluding hydrogens is 428 g/mol. The van der Waals surface area contributed by atoms with Gasteiger partial charge in [0.1, 0.15) is 5.82 Å². The van der Waals surface area contributed by atoms with Crippen LogP contribution in [0.5, 0.6) is 0 Å². The van der Waals surface area contributed by atoms with Crippen molar-refractivity contribution in [1.29, 1.82) is 0 Å². The van der Waals surface area contributed by atoms with Crippen LogP contribution in [0.15, 0.2) is 55.1 Å². The Kier molecular flexibility index (Phi) is 5.18. The van der Waals surface area contributed by atoms with Crippen LogP contribution in [0.25, 0.3) is 22.2 Å². The highest BCUT2D eigenvalue weighted by molar-refractivity contribution is 6.04. The van der Waals surface area contributed by atoms with E-state index in [1.807, 2.05) is 48.1 Å². The Labute approximate surface area is 197 Å². The predicted molar refractivity (Wildman–Crippen MR) is 131 cm³/mol. The molecule has 0 atom stereocenters. The van der Waals surface area contributed by atoms with Gasteiger partial charge in [-0.3, -0.25) is 9.69 Å². The van der Waals surface area contributed by atoms with Gasteiger partial charge in [0.05, 0.1) is 23.7 Å². The minimum absolute atomic E-state index is 0.225. The normalized spacial score (nSPS) is 16.7. The van der Waals surface area contributed by atoms with Crippen LogP contribution in [0.4, 0.5) is 11.6 Å². The number of rotatable bonds is 5. The number of piperazine rings is 1. The summed E-state index contributed by atoms with van der Waals surface area (Å²) in [4.78, 5) is 26.5. The van der Waals surface area contributed by atoms with Crippen molar-refractivity contribution < 1.29 is 4.79 Å². The molecule has 1 aliphatic heterocycles. The quantitative estimate of drug-likeness (QED) is 0.496. The lowest BCUT2D eigenvalue weighted by atomic mass is 10.1. The molecule has 1 amide bonds. The average molecular weight is 455 g/mol. The number of aryl methyl sites for hydroxylation is 1. The third kappa shape index (κ3) is 4.10. The van der Waals surface area contributed by atoms with E-state index in [-0.39, 0.29) is 5.91 Å². The first-order chi connectivity index (χ1) is 16.6. The van der Waals surface area contributed by atoms with Crippen LogP contribution >= 0.6 is 0 Å². The van der Waals surface area contributed by atoms with E-state index in [1.54, 1.807) is 18.6 Å². The number of carbonyl (C=O) groups is 1. The van der Waals surface area contributed by atoms with Crippen LogP contribution in [0.3, 0.4) is 0 Å². The third-order valence-corrected chi connectivity index (χ3v) is 6.65. The lowest BCUT2D eigenvalue weighted by Gasteiger charge is -2.35. The fraction of sp³-hybridized carbons (Fsp3) is 0.320. The number of anilines is 2. The summed E-state index contributed by atoms with van der Waals surface area (Å²) in [5, 5.41) is 12.3. The zero-order chi connectivity index (χ0) is 23.1. The zero-order valence-corrected chi connectivity index (χ0v) is 19.1. The highest BCUT2D eigenvalue weighted by Gasteiger charge is 2.31. The maximum Gasteiger partial charge on any atom is 0.257 e. The Hall–Kier alpha value is -3.85. The number of pyridine rings is 1. The highest BCUT2D eigenvalue weighted by atomic mass is 16.1. The molecule has 3 aromatic heterocycles. The molecule has 0 radical (unpaired) electrons. The van der Waals surface area contributed by atoms with E-state index < -0.39 is 0 Å². The number of nitrogens with one attached hydrogen (secondary N) is 1. The molecule has 2 aliphatic rings. The largest absolute Gasteiger partial charge is 0.354 e. The summed E-state index contributed by atoms with van der Waals surface area (Å²) in [6.07, 6.45) is 7.95. The number of benzene rings is 1. The lowest BCUT2D eigenvalue weighted by molar-refractivity contribution is 0.102. The summed E-state index contributed by atoms with van der Waals surface area (Å²) >= 11 is 0. The second-order valence-electron chi connectivity index (χ2n) is 9.00. The van der Waals surface area contributed by atoms with Crippen LogP contribution in [0.1, 0.15) is 23.2 Å². The summed E-state index contributed by atoms with van der Waals surface area (Å²) in [5.74, 6) is 1.03. The molecule has 9 nitrogen and oxygen atoms in total. The number of amides is 1. The molecule has 34 heavy (non-hydrogen) atoms. The van der Waals surface area contributed by atoms with Gasteiger partial charge in [0, 0.05) is 62.0 Å². The standard InChI is InChI=1S/C25H26N8O/c1-31-16-26-15-22(31)17-2-5-21-19(12-17)13-23(30-29-21)28-25(34)18-6-7-27-24(14-18)33-10-8-32(9-11-33)20-3-4-20/h2,5-7,12-16,20H,3-4,8-11H2,1H3,(H,28,30,34). The van der Waals surface area contributed by atoms with Crippen molar-refractivity contribution in [2.24, 2.45) is 7.05 Å².